The predicted octanol–water partition coefficient (Wildman–Crippen LogP) is 1.92. The Labute approximate surface area is 153 Å². The van der Waals surface area contributed by atoms with Gasteiger partial charge in [0.15, 0.2) is 0 Å². The summed E-state index contributed by atoms with van der Waals surface area (Å²) in [7, 11) is 1.66. The number of hydrogen-bond acceptors (Lipinski definition) is 6. The van der Waals surface area contributed by atoms with Gasteiger partial charge in [0.1, 0.15) is 23.1 Å². The van der Waals surface area contributed by atoms with E-state index in [-0.39, 0.29) is 5.91 Å². The summed E-state index contributed by atoms with van der Waals surface area (Å²) in [6.45, 7) is 4.86. The van der Waals surface area contributed by atoms with Crippen LogP contribution in [0.3, 0.4) is 0 Å². The van der Waals surface area contributed by atoms with E-state index in [0.29, 0.717) is 50.2 Å². The molecule has 0 unspecified atom stereocenters. The van der Waals surface area contributed by atoms with Gasteiger partial charge >= 0.3 is 0 Å². The smallest absolute Gasteiger partial charge is 0.272 e. The highest BCUT2D eigenvalue weighted by atomic mass is 16.5. The second-order valence-electron chi connectivity index (χ2n) is 6.12. The van der Waals surface area contributed by atoms with Gasteiger partial charge in [-0.15, -0.1) is 0 Å². The molecule has 0 saturated carbocycles. The molecule has 7 heteroatoms. The van der Waals surface area contributed by atoms with Crippen molar-refractivity contribution in [1.82, 2.24) is 14.9 Å². The van der Waals surface area contributed by atoms with Crippen LogP contribution in [-0.2, 0) is 11.2 Å². The number of morpholine rings is 1. The Bertz CT molecular complexity index is 743. The van der Waals surface area contributed by atoms with E-state index in [1.165, 1.54) is 5.56 Å². The first-order chi connectivity index (χ1) is 12.7. The summed E-state index contributed by atoms with van der Waals surface area (Å²) in [5.41, 5.74) is 1.63. The molecule has 1 aliphatic heterocycles. The number of rotatable bonds is 6. The number of aromatic nitrogens is 2. The number of methoxy groups -OCH3 is 1. The van der Waals surface area contributed by atoms with Gasteiger partial charge < -0.3 is 19.7 Å². The standard InChI is InChI=1S/C19H24N4O3/c1-14-21-17(19(24)23-9-11-26-12-10-23)13-18(22-14)20-8-7-15-3-5-16(25-2)6-4-15/h3-6,13H,7-12H2,1-2H3,(H,20,21,22). The molecule has 1 aromatic carbocycles. The first kappa shape index (κ1) is 18.1. The molecule has 1 saturated heterocycles. The average molecular weight is 356 g/mol. The maximum absolute atomic E-state index is 12.6. The number of benzene rings is 1. The van der Waals surface area contributed by atoms with Crippen molar-refractivity contribution in [1.29, 1.82) is 0 Å². The minimum Gasteiger partial charge on any atom is -0.497 e. The summed E-state index contributed by atoms with van der Waals surface area (Å²) in [6, 6.07) is 9.70. The Balaban J connectivity index is 1.60. The molecule has 0 radical (unpaired) electrons. The highest BCUT2D eigenvalue weighted by Crippen LogP contribution is 2.13. The lowest BCUT2D eigenvalue weighted by atomic mass is 10.1. The summed E-state index contributed by atoms with van der Waals surface area (Å²) in [4.78, 5) is 23.1. The molecule has 3 rings (SSSR count). The summed E-state index contributed by atoms with van der Waals surface area (Å²) >= 11 is 0. The van der Waals surface area contributed by atoms with Gasteiger partial charge in [-0.05, 0) is 31.0 Å². The third-order valence-corrected chi connectivity index (χ3v) is 4.23. The van der Waals surface area contributed by atoms with Crippen molar-refractivity contribution >= 4 is 11.7 Å². The summed E-state index contributed by atoms with van der Waals surface area (Å²) in [5.74, 6) is 2.02. The highest BCUT2D eigenvalue weighted by Gasteiger charge is 2.20. The number of amides is 1. The molecule has 1 fully saturated rings. The van der Waals surface area contributed by atoms with E-state index in [1.54, 1.807) is 25.0 Å². The maximum Gasteiger partial charge on any atom is 0.272 e. The Morgan fingerprint density at radius 2 is 1.96 bits per heavy atom. The molecule has 0 bridgehead atoms. The van der Waals surface area contributed by atoms with Crippen LogP contribution in [0.2, 0.25) is 0 Å². The Morgan fingerprint density at radius 3 is 2.65 bits per heavy atom. The van der Waals surface area contributed by atoms with E-state index in [9.17, 15) is 4.79 Å². The largest absolute Gasteiger partial charge is 0.497 e. The normalized spacial score (nSPS) is 14.2. The third-order valence-electron chi connectivity index (χ3n) is 4.23. The van der Waals surface area contributed by atoms with Gasteiger partial charge in [0.05, 0.1) is 20.3 Å². The fraction of sp³-hybridized carbons (Fsp3) is 0.421. The molecule has 1 aliphatic rings. The number of carbonyl (C=O) groups excluding carboxylic acids is 1. The van der Waals surface area contributed by atoms with Gasteiger partial charge in [0, 0.05) is 25.7 Å². The second-order valence-corrected chi connectivity index (χ2v) is 6.12. The van der Waals surface area contributed by atoms with Gasteiger partial charge in [0.25, 0.3) is 5.91 Å². The van der Waals surface area contributed by atoms with E-state index in [1.807, 2.05) is 24.3 Å². The summed E-state index contributed by atoms with van der Waals surface area (Å²) in [6.07, 6.45) is 0.847. The van der Waals surface area contributed by atoms with Gasteiger partial charge in [-0.3, -0.25) is 4.79 Å². The predicted molar refractivity (Wildman–Crippen MR) is 98.7 cm³/mol. The quantitative estimate of drug-likeness (QED) is 0.852. The molecular weight excluding hydrogens is 332 g/mol. The molecule has 1 N–H and O–H groups in total. The first-order valence-electron chi connectivity index (χ1n) is 8.75. The monoisotopic (exact) mass is 356 g/mol. The molecule has 26 heavy (non-hydrogen) atoms. The molecule has 0 atom stereocenters. The Hall–Kier alpha value is -2.67. The number of nitrogens with one attached hydrogen (secondary N) is 1. The number of hydrogen-bond donors (Lipinski definition) is 1. The Kier molecular flexibility index (Phi) is 6.01. The van der Waals surface area contributed by atoms with Crippen LogP contribution >= 0.6 is 0 Å². The van der Waals surface area contributed by atoms with Crippen LogP contribution in [0.1, 0.15) is 21.9 Å². The molecule has 1 aromatic heterocycles. The second kappa shape index (κ2) is 8.62. The molecule has 2 heterocycles. The van der Waals surface area contributed by atoms with E-state index < -0.39 is 0 Å². The van der Waals surface area contributed by atoms with Gasteiger partial charge in [-0.25, -0.2) is 9.97 Å². The lowest BCUT2D eigenvalue weighted by Crippen LogP contribution is -2.41. The minimum absolute atomic E-state index is 0.0722. The topological polar surface area (TPSA) is 76.6 Å². The van der Waals surface area contributed by atoms with Crippen molar-refractivity contribution in [3.63, 3.8) is 0 Å². The zero-order valence-electron chi connectivity index (χ0n) is 15.2. The number of carbonyl (C=O) groups is 1. The Morgan fingerprint density at radius 1 is 1.23 bits per heavy atom. The molecule has 0 spiro atoms. The molecule has 2 aromatic rings. The van der Waals surface area contributed by atoms with Gasteiger partial charge in [0.2, 0.25) is 0 Å². The zero-order valence-corrected chi connectivity index (χ0v) is 15.2. The van der Waals surface area contributed by atoms with Crippen molar-refractivity contribution in [3.8, 4) is 5.75 Å². The lowest BCUT2D eigenvalue weighted by Gasteiger charge is -2.26. The van der Waals surface area contributed by atoms with Crippen molar-refractivity contribution in [2.24, 2.45) is 0 Å². The first-order valence-corrected chi connectivity index (χ1v) is 8.75. The van der Waals surface area contributed by atoms with Gasteiger partial charge in [-0.2, -0.15) is 0 Å². The van der Waals surface area contributed by atoms with Crippen LogP contribution in [0.4, 0.5) is 5.82 Å². The fourth-order valence-electron chi connectivity index (χ4n) is 2.82. The minimum atomic E-state index is -0.0722. The molecular formula is C19H24N4O3. The van der Waals surface area contributed by atoms with Crippen LogP contribution < -0.4 is 10.1 Å². The number of nitrogens with zero attached hydrogens (tertiary/aromatic N) is 3. The van der Waals surface area contributed by atoms with Crippen LogP contribution in [0.5, 0.6) is 5.75 Å². The van der Waals surface area contributed by atoms with Gasteiger partial charge in [-0.1, -0.05) is 12.1 Å². The molecule has 1 amide bonds. The van der Waals surface area contributed by atoms with E-state index >= 15 is 0 Å². The number of anilines is 1. The summed E-state index contributed by atoms with van der Waals surface area (Å²) in [5, 5.41) is 3.28. The average Bonchev–Trinajstić information content (AvgIpc) is 2.68. The summed E-state index contributed by atoms with van der Waals surface area (Å²) < 4.78 is 10.5. The van der Waals surface area contributed by atoms with Crippen LogP contribution in [0.15, 0.2) is 30.3 Å². The van der Waals surface area contributed by atoms with Crippen LogP contribution in [0.25, 0.3) is 0 Å². The van der Waals surface area contributed by atoms with E-state index in [2.05, 4.69) is 15.3 Å². The van der Waals surface area contributed by atoms with Crippen molar-refractivity contribution in [2.75, 3.05) is 45.3 Å². The molecule has 0 aliphatic carbocycles. The van der Waals surface area contributed by atoms with E-state index in [4.69, 9.17) is 9.47 Å². The van der Waals surface area contributed by atoms with Crippen LogP contribution in [0, 0.1) is 6.92 Å². The number of aryl methyl sites for hydroxylation is 1. The highest BCUT2D eigenvalue weighted by molar-refractivity contribution is 5.93. The molecule has 138 valence electrons. The van der Waals surface area contributed by atoms with Crippen molar-refractivity contribution < 1.29 is 14.3 Å². The van der Waals surface area contributed by atoms with Crippen molar-refractivity contribution in [3.05, 3.63) is 47.4 Å². The lowest BCUT2D eigenvalue weighted by molar-refractivity contribution is 0.0299. The van der Waals surface area contributed by atoms with E-state index in [0.717, 1.165) is 12.2 Å². The maximum atomic E-state index is 12.6. The molecule has 7 nitrogen and oxygen atoms in total. The third kappa shape index (κ3) is 4.70. The SMILES string of the molecule is COc1ccc(CCNc2cc(C(=O)N3CCOCC3)nc(C)n2)cc1. The fourth-order valence-corrected chi connectivity index (χ4v) is 2.82. The van der Waals surface area contributed by atoms with Crippen molar-refractivity contribution in [2.45, 2.75) is 13.3 Å². The zero-order chi connectivity index (χ0) is 18.4. The van der Waals surface area contributed by atoms with Crippen LogP contribution in [-0.4, -0.2) is 60.7 Å². The number of ether oxygens (including phenoxy) is 2.